The summed E-state index contributed by atoms with van der Waals surface area (Å²) in [6.07, 6.45) is 1.05. The topological polar surface area (TPSA) is 47.6 Å². The van der Waals surface area contributed by atoms with Gasteiger partial charge in [-0.2, -0.15) is 0 Å². The van der Waals surface area contributed by atoms with Crippen molar-refractivity contribution in [1.82, 2.24) is 0 Å². The smallest absolute Gasteiger partial charge is 0.231 e. The molecule has 0 fully saturated rings. The summed E-state index contributed by atoms with van der Waals surface area (Å²) < 4.78 is 10.5. The molecule has 4 nitrogen and oxygen atoms in total. The lowest BCUT2D eigenvalue weighted by Crippen LogP contribution is -2.12. The highest BCUT2D eigenvalue weighted by Gasteiger charge is 2.14. The number of rotatable bonds is 4. The van der Waals surface area contributed by atoms with E-state index in [9.17, 15) is 4.79 Å². The van der Waals surface area contributed by atoms with Crippen LogP contribution in [0.5, 0.6) is 11.5 Å². The molecule has 1 aliphatic heterocycles. The first-order valence-corrected chi connectivity index (χ1v) is 7.02. The molecule has 108 valence electrons. The maximum atomic E-state index is 12.0. The van der Waals surface area contributed by atoms with E-state index in [1.54, 1.807) is 18.2 Å². The minimum absolute atomic E-state index is 0.0474. The zero-order valence-electron chi connectivity index (χ0n) is 11.3. The summed E-state index contributed by atoms with van der Waals surface area (Å²) in [6, 6.07) is 12.9. The van der Waals surface area contributed by atoms with E-state index in [1.807, 2.05) is 24.3 Å². The zero-order valence-corrected chi connectivity index (χ0v) is 12.0. The first-order valence-electron chi connectivity index (χ1n) is 6.65. The van der Waals surface area contributed by atoms with Gasteiger partial charge in [-0.25, -0.2) is 0 Å². The molecule has 1 amide bonds. The lowest BCUT2D eigenvalue weighted by atomic mass is 10.1. The fourth-order valence-electron chi connectivity index (χ4n) is 2.15. The number of ether oxygens (including phenoxy) is 2. The molecule has 0 saturated carbocycles. The van der Waals surface area contributed by atoms with Crippen molar-refractivity contribution in [3.63, 3.8) is 0 Å². The Bertz CT molecular complexity index is 672. The molecular weight excluding hydrogens is 290 g/mol. The molecule has 0 atom stereocenters. The normalized spacial score (nSPS) is 12.2. The van der Waals surface area contributed by atoms with Gasteiger partial charge in [-0.15, -0.1) is 0 Å². The van der Waals surface area contributed by atoms with Gasteiger partial charge < -0.3 is 14.8 Å². The average molecular weight is 304 g/mol. The van der Waals surface area contributed by atoms with E-state index in [0.717, 1.165) is 5.56 Å². The monoisotopic (exact) mass is 303 g/mol. The lowest BCUT2D eigenvalue weighted by molar-refractivity contribution is -0.116. The van der Waals surface area contributed by atoms with Crippen LogP contribution in [0.25, 0.3) is 0 Å². The van der Waals surface area contributed by atoms with Crippen LogP contribution < -0.4 is 14.8 Å². The Morgan fingerprint density at radius 3 is 2.86 bits per heavy atom. The van der Waals surface area contributed by atoms with Crippen molar-refractivity contribution in [2.75, 3.05) is 12.1 Å². The van der Waals surface area contributed by atoms with Crippen molar-refractivity contribution < 1.29 is 14.3 Å². The quantitative estimate of drug-likeness (QED) is 0.938. The van der Waals surface area contributed by atoms with Gasteiger partial charge in [-0.3, -0.25) is 4.79 Å². The predicted octanol–water partition coefficient (Wildman–Crippen LogP) is 3.64. The van der Waals surface area contributed by atoms with Crippen LogP contribution in [0.15, 0.2) is 42.5 Å². The van der Waals surface area contributed by atoms with E-state index in [-0.39, 0.29) is 12.7 Å². The van der Waals surface area contributed by atoms with Crippen LogP contribution in [-0.4, -0.2) is 12.7 Å². The zero-order chi connectivity index (χ0) is 14.7. The van der Waals surface area contributed by atoms with Gasteiger partial charge in [-0.1, -0.05) is 23.7 Å². The molecule has 21 heavy (non-hydrogen) atoms. The van der Waals surface area contributed by atoms with Gasteiger partial charge in [0.2, 0.25) is 12.7 Å². The average Bonchev–Trinajstić information content (AvgIpc) is 2.93. The van der Waals surface area contributed by atoms with Crippen LogP contribution in [0.1, 0.15) is 12.0 Å². The number of carbonyl (C=O) groups excluding carboxylic acids is 1. The minimum atomic E-state index is -0.0474. The SMILES string of the molecule is O=C(CCc1cccc(Cl)c1)Nc1ccc2c(c1)OCO2. The number of benzene rings is 2. The van der Waals surface area contributed by atoms with Gasteiger partial charge in [0.05, 0.1) is 0 Å². The van der Waals surface area contributed by atoms with E-state index in [0.29, 0.717) is 35.1 Å². The first-order chi connectivity index (χ1) is 10.2. The Hall–Kier alpha value is -2.20. The Morgan fingerprint density at radius 2 is 2.00 bits per heavy atom. The molecule has 0 saturated heterocycles. The van der Waals surface area contributed by atoms with E-state index in [1.165, 1.54) is 0 Å². The highest BCUT2D eigenvalue weighted by Crippen LogP contribution is 2.34. The maximum absolute atomic E-state index is 12.0. The van der Waals surface area contributed by atoms with E-state index in [4.69, 9.17) is 21.1 Å². The Kier molecular flexibility index (Phi) is 3.97. The molecule has 5 heteroatoms. The Balaban J connectivity index is 1.57. The highest BCUT2D eigenvalue weighted by atomic mass is 35.5. The number of anilines is 1. The minimum Gasteiger partial charge on any atom is -0.454 e. The van der Waals surface area contributed by atoms with Crippen LogP contribution in [-0.2, 0) is 11.2 Å². The van der Waals surface area contributed by atoms with Crippen molar-refractivity contribution in [1.29, 1.82) is 0 Å². The van der Waals surface area contributed by atoms with Crippen LogP contribution >= 0.6 is 11.6 Å². The number of carbonyl (C=O) groups is 1. The fourth-order valence-corrected chi connectivity index (χ4v) is 2.36. The van der Waals surface area contributed by atoms with E-state index >= 15 is 0 Å². The van der Waals surface area contributed by atoms with Crippen LogP contribution in [0, 0.1) is 0 Å². The standard InChI is InChI=1S/C16H14ClNO3/c17-12-3-1-2-11(8-12)4-7-16(19)18-13-5-6-14-15(9-13)21-10-20-14/h1-3,5-6,8-9H,4,7,10H2,(H,18,19). The molecule has 0 spiro atoms. The second-order valence-corrected chi connectivity index (χ2v) is 5.18. The molecular formula is C16H14ClNO3. The highest BCUT2D eigenvalue weighted by molar-refractivity contribution is 6.30. The van der Waals surface area contributed by atoms with Gasteiger partial charge in [0.1, 0.15) is 0 Å². The number of amides is 1. The summed E-state index contributed by atoms with van der Waals surface area (Å²) in [5, 5.41) is 3.53. The number of hydrogen-bond donors (Lipinski definition) is 1. The molecule has 1 aliphatic rings. The lowest BCUT2D eigenvalue weighted by Gasteiger charge is -2.06. The van der Waals surface area contributed by atoms with Crippen LogP contribution in [0.4, 0.5) is 5.69 Å². The summed E-state index contributed by atoms with van der Waals surface area (Å²) in [6.45, 7) is 0.224. The number of halogens is 1. The van der Waals surface area contributed by atoms with Gasteiger partial charge >= 0.3 is 0 Å². The van der Waals surface area contributed by atoms with Crippen LogP contribution in [0.2, 0.25) is 5.02 Å². The summed E-state index contributed by atoms with van der Waals surface area (Å²) in [7, 11) is 0. The van der Waals surface area contributed by atoms with Gasteiger partial charge in [-0.05, 0) is 36.2 Å². The van der Waals surface area contributed by atoms with Gasteiger partial charge in [0.15, 0.2) is 11.5 Å². The second kappa shape index (κ2) is 6.06. The molecule has 3 rings (SSSR count). The summed E-state index contributed by atoms with van der Waals surface area (Å²) in [4.78, 5) is 12.0. The molecule has 0 radical (unpaired) electrons. The molecule has 0 aromatic heterocycles. The summed E-state index contributed by atoms with van der Waals surface area (Å²) in [5.41, 5.74) is 1.75. The van der Waals surface area contributed by atoms with Crippen molar-refractivity contribution in [3.05, 3.63) is 53.1 Å². The number of nitrogens with one attached hydrogen (secondary N) is 1. The summed E-state index contributed by atoms with van der Waals surface area (Å²) >= 11 is 5.92. The third-order valence-corrected chi connectivity index (χ3v) is 3.42. The number of hydrogen-bond acceptors (Lipinski definition) is 3. The third-order valence-electron chi connectivity index (χ3n) is 3.19. The molecule has 0 unspecified atom stereocenters. The van der Waals surface area contributed by atoms with Crippen molar-refractivity contribution in [2.45, 2.75) is 12.8 Å². The second-order valence-electron chi connectivity index (χ2n) is 4.75. The number of aryl methyl sites for hydroxylation is 1. The molecule has 0 bridgehead atoms. The summed E-state index contributed by atoms with van der Waals surface area (Å²) in [5.74, 6) is 1.31. The van der Waals surface area contributed by atoms with E-state index in [2.05, 4.69) is 5.32 Å². The van der Waals surface area contributed by atoms with Gasteiger partial charge in [0.25, 0.3) is 0 Å². The maximum Gasteiger partial charge on any atom is 0.231 e. The molecule has 2 aromatic rings. The van der Waals surface area contributed by atoms with Gasteiger partial charge in [0, 0.05) is 23.2 Å². The van der Waals surface area contributed by atoms with E-state index < -0.39 is 0 Å². The molecule has 2 aromatic carbocycles. The predicted molar refractivity (Wildman–Crippen MR) is 81.0 cm³/mol. The molecule has 0 aliphatic carbocycles. The molecule has 1 N–H and O–H groups in total. The van der Waals surface area contributed by atoms with Crippen molar-refractivity contribution in [2.24, 2.45) is 0 Å². The largest absolute Gasteiger partial charge is 0.454 e. The number of fused-ring (bicyclic) bond motifs is 1. The van der Waals surface area contributed by atoms with Crippen molar-refractivity contribution in [3.8, 4) is 11.5 Å². The third kappa shape index (κ3) is 3.47. The van der Waals surface area contributed by atoms with Crippen LogP contribution in [0.3, 0.4) is 0 Å². The molecule has 1 heterocycles. The van der Waals surface area contributed by atoms with Crippen molar-refractivity contribution >= 4 is 23.2 Å². The first kappa shape index (κ1) is 13.8. The fraction of sp³-hybridized carbons (Fsp3) is 0.188. The Labute approximate surface area is 127 Å². The Morgan fingerprint density at radius 1 is 1.14 bits per heavy atom.